The van der Waals surface area contributed by atoms with E-state index >= 15 is 4.39 Å². The number of nitrogens with zero attached hydrogens (tertiary/aromatic N) is 8. The van der Waals surface area contributed by atoms with E-state index in [2.05, 4.69) is 42.8 Å². The minimum absolute atomic E-state index is 0.000474. The summed E-state index contributed by atoms with van der Waals surface area (Å²) in [5.74, 6) is -0.620. The van der Waals surface area contributed by atoms with E-state index in [4.69, 9.17) is 0 Å². The third-order valence-electron chi connectivity index (χ3n) is 7.66. The van der Waals surface area contributed by atoms with E-state index in [-0.39, 0.29) is 35.6 Å². The van der Waals surface area contributed by atoms with Crippen LogP contribution in [0.2, 0.25) is 0 Å². The smallest absolute Gasteiger partial charge is 0.263 e. The molecule has 1 unspecified atom stereocenters. The Kier molecular flexibility index (Phi) is 7.57. The first-order valence-electron chi connectivity index (χ1n) is 14.3. The Morgan fingerprint density at radius 3 is 2.78 bits per heavy atom. The normalized spacial score (nSPS) is 15.0. The highest BCUT2D eigenvalue weighted by Crippen LogP contribution is 2.27. The van der Waals surface area contributed by atoms with Gasteiger partial charge in [0.1, 0.15) is 11.5 Å². The molecule has 0 aliphatic carbocycles. The van der Waals surface area contributed by atoms with Crippen molar-refractivity contribution < 1.29 is 9.18 Å². The van der Waals surface area contributed by atoms with Gasteiger partial charge in [0.25, 0.3) is 5.56 Å². The molecule has 7 rings (SSSR count). The number of hydrogen-bond donors (Lipinski definition) is 2. The summed E-state index contributed by atoms with van der Waals surface area (Å²) in [6, 6.07) is 15.2. The van der Waals surface area contributed by atoms with Crippen LogP contribution in [0.3, 0.4) is 0 Å². The van der Waals surface area contributed by atoms with Crippen molar-refractivity contribution in [2.24, 2.45) is 0 Å². The Labute approximate surface area is 260 Å². The molecule has 1 saturated heterocycles. The summed E-state index contributed by atoms with van der Waals surface area (Å²) in [7, 11) is 0. The van der Waals surface area contributed by atoms with E-state index in [1.165, 1.54) is 40.4 Å². The number of thiazole rings is 1. The number of hydrogen-bond acceptors (Lipinski definition) is 11. The molecule has 0 amide bonds. The second-order valence-electron chi connectivity index (χ2n) is 10.6. The number of carbonyl (C=O) groups is 1. The van der Waals surface area contributed by atoms with E-state index < -0.39 is 11.3 Å². The summed E-state index contributed by atoms with van der Waals surface area (Å²) >= 11 is 1.37. The molecule has 4 aromatic heterocycles. The molecule has 2 N–H and O–H groups in total. The third kappa shape index (κ3) is 5.56. The van der Waals surface area contributed by atoms with Crippen LogP contribution in [0.1, 0.15) is 28.5 Å². The topological polar surface area (TPSA) is 136 Å². The molecule has 1 aliphatic heterocycles. The van der Waals surface area contributed by atoms with Crippen molar-refractivity contribution in [3.8, 4) is 5.13 Å². The Balaban J connectivity index is 1.28. The molecule has 2 aromatic carbocycles. The van der Waals surface area contributed by atoms with Crippen molar-refractivity contribution in [2.45, 2.75) is 19.5 Å². The second-order valence-corrected chi connectivity index (χ2v) is 11.5. The number of nitrogens with one attached hydrogen (secondary N) is 2. The lowest BCUT2D eigenvalue weighted by Gasteiger charge is -2.36. The second kappa shape index (κ2) is 12.0. The average Bonchev–Trinajstić information content (AvgIpc) is 3.76. The number of fused-ring (bicyclic) bond motifs is 1. The van der Waals surface area contributed by atoms with Crippen LogP contribution in [0.5, 0.6) is 0 Å². The summed E-state index contributed by atoms with van der Waals surface area (Å²) in [5, 5.41) is 17.4. The van der Waals surface area contributed by atoms with Gasteiger partial charge in [-0.05, 0) is 31.2 Å². The summed E-state index contributed by atoms with van der Waals surface area (Å²) in [6.07, 6.45) is 4.72. The molecular formula is C31H27FN10O2S. The van der Waals surface area contributed by atoms with E-state index in [9.17, 15) is 9.59 Å². The Morgan fingerprint density at radius 2 is 2.00 bits per heavy atom. The summed E-state index contributed by atoms with van der Waals surface area (Å²) in [6.45, 7) is 4.34. The van der Waals surface area contributed by atoms with Gasteiger partial charge in [-0.25, -0.2) is 14.4 Å². The molecule has 1 fully saturated rings. The number of carbonyl (C=O) groups excluding carboxylic acids is 1. The first-order valence-corrected chi connectivity index (χ1v) is 15.2. The first kappa shape index (κ1) is 28.4. The molecule has 6 aromatic rings. The average molecular weight is 623 g/mol. The Bertz CT molecular complexity index is 2060. The van der Waals surface area contributed by atoms with Crippen LogP contribution in [0.4, 0.5) is 21.7 Å². The Hall–Kier alpha value is -5.34. The van der Waals surface area contributed by atoms with Gasteiger partial charge in [-0.3, -0.25) is 14.2 Å². The van der Waals surface area contributed by atoms with Gasteiger partial charge in [-0.1, -0.05) is 35.5 Å². The number of ketones is 1. The number of benzene rings is 2. The maximum absolute atomic E-state index is 15.3. The molecule has 0 bridgehead atoms. The maximum Gasteiger partial charge on any atom is 0.263 e. The fourth-order valence-corrected chi connectivity index (χ4v) is 6.05. The van der Waals surface area contributed by atoms with Crippen LogP contribution in [0.25, 0.3) is 16.2 Å². The van der Waals surface area contributed by atoms with Crippen molar-refractivity contribution in [2.75, 3.05) is 29.9 Å². The van der Waals surface area contributed by atoms with Crippen molar-refractivity contribution in [3.63, 3.8) is 0 Å². The molecule has 45 heavy (non-hydrogen) atoms. The van der Waals surface area contributed by atoms with Gasteiger partial charge in [-0.2, -0.15) is 9.67 Å². The van der Waals surface area contributed by atoms with Gasteiger partial charge in [0, 0.05) is 60.1 Å². The van der Waals surface area contributed by atoms with Crippen molar-refractivity contribution >= 4 is 45.5 Å². The van der Waals surface area contributed by atoms with Crippen LogP contribution < -0.4 is 21.1 Å². The van der Waals surface area contributed by atoms with Crippen LogP contribution in [-0.4, -0.2) is 66.0 Å². The predicted molar refractivity (Wildman–Crippen MR) is 169 cm³/mol. The zero-order valence-corrected chi connectivity index (χ0v) is 24.9. The van der Waals surface area contributed by atoms with Crippen LogP contribution in [0, 0.1) is 5.82 Å². The fraction of sp³-hybridized carbons (Fsp3) is 0.194. The first-order chi connectivity index (χ1) is 22.0. The molecular weight excluding hydrogens is 595 g/mol. The van der Waals surface area contributed by atoms with Gasteiger partial charge >= 0.3 is 0 Å². The molecule has 1 atom stereocenters. The van der Waals surface area contributed by atoms with Crippen LogP contribution in [0.15, 0.2) is 83.4 Å². The molecule has 0 saturated carbocycles. The monoisotopic (exact) mass is 622 g/mol. The number of aromatic nitrogens is 7. The van der Waals surface area contributed by atoms with Crippen LogP contribution in [-0.2, 0) is 6.54 Å². The minimum Gasteiger partial charge on any atom is -0.364 e. The van der Waals surface area contributed by atoms with Crippen molar-refractivity contribution in [1.82, 2.24) is 39.8 Å². The summed E-state index contributed by atoms with van der Waals surface area (Å²) in [5.41, 5.74) is 1.65. The van der Waals surface area contributed by atoms with E-state index in [1.54, 1.807) is 53.3 Å². The van der Waals surface area contributed by atoms with Gasteiger partial charge in [-0.15, -0.1) is 16.4 Å². The van der Waals surface area contributed by atoms with E-state index in [0.29, 0.717) is 39.7 Å². The zero-order chi connectivity index (χ0) is 30.9. The van der Waals surface area contributed by atoms with Gasteiger partial charge in [0.05, 0.1) is 29.7 Å². The lowest BCUT2D eigenvalue weighted by molar-refractivity contribution is 0.103. The molecule has 0 radical (unpaired) electrons. The quantitative estimate of drug-likeness (QED) is 0.241. The largest absolute Gasteiger partial charge is 0.364 e. The number of rotatable bonds is 8. The number of pyridine rings is 1. The zero-order valence-electron chi connectivity index (χ0n) is 24.1. The van der Waals surface area contributed by atoms with Crippen molar-refractivity contribution in [1.29, 1.82) is 0 Å². The third-order valence-corrected chi connectivity index (χ3v) is 8.41. The van der Waals surface area contributed by atoms with Crippen LogP contribution >= 0.6 is 11.3 Å². The van der Waals surface area contributed by atoms with Gasteiger partial charge < -0.3 is 15.5 Å². The number of halogens is 1. The molecule has 14 heteroatoms. The fourth-order valence-electron chi connectivity index (χ4n) is 5.43. The molecule has 0 spiro atoms. The molecule has 5 heterocycles. The SMILES string of the molecule is CC1CNCCN1c1ccc(Nc2ncc3cc(C(=O)c4ccccc4)c(=O)n(Cc4cnnn4-c4nccs4)c3n2)cc1F. The molecule has 12 nitrogen and oxygen atoms in total. The lowest BCUT2D eigenvalue weighted by atomic mass is 10.0. The minimum atomic E-state index is -0.534. The van der Waals surface area contributed by atoms with E-state index in [1.807, 2.05) is 10.3 Å². The van der Waals surface area contributed by atoms with E-state index in [0.717, 1.165) is 13.1 Å². The molecule has 226 valence electrons. The Morgan fingerprint density at radius 1 is 1.13 bits per heavy atom. The van der Waals surface area contributed by atoms with Gasteiger partial charge in [0.15, 0.2) is 5.78 Å². The highest BCUT2D eigenvalue weighted by molar-refractivity contribution is 7.12. The summed E-state index contributed by atoms with van der Waals surface area (Å²) in [4.78, 5) is 42.9. The highest BCUT2D eigenvalue weighted by Gasteiger charge is 2.23. The van der Waals surface area contributed by atoms with Gasteiger partial charge in [0.2, 0.25) is 11.1 Å². The molecule has 1 aliphatic rings. The predicted octanol–water partition coefficient (Wildman–Crippen LogP) is 3.79. The standard InChI is InChI=1S/C31H27FN10O2S/c1-19-15-33-9-11-40(19)26-8-7-22(14-25(26)32)37-30-35-16-21-13-24(27(43)20-5-3-2-4-6-20)29(44)41(28(21)38-30)18-23-17-36-39-42(23)31-34-10-12-45-31/h2-8,10,12-14,16-17,19,33H,9,11,15,18H2,1H3,(H,35,37,38). The maximum atomic E-state index is 15.3. The highest BCUT2D eigenvalue weighted by atomic mass is 32.1. The van der Waals surface area contributed by atoms with Crippen molar-refractivity contribution in [3.05, 3.63) is 112 Å². The number of piperazine rings is 1. The summed E-state index contributed by atoms with van der Waals surface area (Å²) < 4.78 is 18.2. The number of anilines is 3. The lowest BCUT2D eigenvalue weighted by Crippen LogP contribution is -2.50.